The van der Waals surface area contributed by atoms with Crippen LogP contribution in [-0.4, -0.2) is 26.5 Å². The lowest BCUT2D eigenvalue weighted by Gasteiger charge is -2.12. The number of nitrogens with one attached hydrogen (secondary N) is 1. The molecule has 0 spiro atoms. The molecule has 0 saturated heterocycles. The molecule has 4 nitrogen and oxygen atoms in total. The number of fused-ring (bicyclic) bond motifs is 3. The smallest absolute Gasteiger partial charge is 0.215 e. The molecule has 27 heavy (non-hydrogen) atoms. The summed E-state index contributed by atoms with van der Waals surface area (Å²) in [5.74, 6) is 0.990. The molecule has 0 radical (unpaired) electrons. The Morgan fingerprint density at radius 2 is 1.74 bits per heavy atom. The number of nitrogens with zero attached hydrogens (tertiary/aromatic N) is 3. The van der Waals surface area contributed by atoms with Crippen molar-refractivity contribution >= 4 is 57.6 Å². The molecule has 144 valence electrons. The summed E-state index contributed by atoms with van der Waals surface area (Å²) < 4.78 is 5.59. The van der Waals surface area contributed by atoms with E-state index in [9.17, 15) is 0 Å². The molecule has 0 aliphatic rings. The molecule has 0 fully saturated rings. The van der Waals surface area contributed by atoms with Crippen LogP contribution in [-0.2, 0) is 6.54 Å². The summed E-state index contributed by atoms with van der Waals surface area (Å²) in [7, 11) is 0. The third-order valence-electron chi connectivity index (χ3n) is 4.39. The molecule has 4 aromatic rings. The van der Waals surface area contributed by atoms with Gasteiger partial charge in [-0.15, -0.1) is 24.8 Å². The second kappa shape index (κ2) is 9.11. The molecule has 4 rings (SSSR count). The molecule has 0 atom stereocenters. The van der Waals surface area contributed by atoms with Gasteiger partial charge in [0.1, 0.15) is 0 Å². The van der Waals surface area contributed by atoms with Crippen molar-refractivity contribution < 1.29 is 0 Å². The Labute approximate surface area is 179 Å². The summed E-state index contributed by atoms with van der Waals surface area (Å²) in [6.07, 6.45) is 2.20. The molecule has 0 unspecified atom stereocenters. The van der Waals surface area contributed by atoms with Gasteiger partial charge in [-0.3, -0.25) is 4.40 Å². The first-order chi connectivity index (χ1) is 12.1. The zero-order valence-electron chi connectivity index (χ0n) is 15.2. The Kier molecular flexibility index (Phi) is 7.34. The van der Waals surface area contributed by atoms with Crippen molar-refractivity contribution in [3.63, 3.8) is 0 Å². The van der Waals surface area contributed by atoms with E-state index in [0.29, 0.717) is 6.04 Å². The highest BCUT2D eigenvalue weighted by Gasteiger charge is 2.15. The van der Waals surface area contributed by atoms with Crippen LogP contribution in [0, 0.1) is 0 Å². The van der Waals surface area contributed by atoms with Crippen LogP contribution < -0.4 is 5.32 Å². The maximum absolute atomic E-state index is 4.87. The van der Waals surface area contributed by atoms with Crippen LogP contribution in [0.25, 0.3) is 28.1 Å². The van der Waals surface area contributed by atoms with Gasteiger partial charge in [0.15, 0.2) is 0 Å². The second-order valence-electron chi connectivity index (χ2n) is 6.55. The van der Waals surface area contributed by atoms with Gasteiger partial charge in [0.2, 0.25) is 5.78 Å². The lowest BCUT2D eigenvalue weighted by atomic mass is 10.1. The Morgan fingerprint density at radius 3 is 2.44 bits per heavy atom. The number of halogens is 3. The molecule has 0 aliphatic carbocycles. The van der Waals surface area contributed by atoms with Crippen molar-refractivity contribution in [2.45, 2.75) is 26.4 Å². The molecule has 2 aromatic carbocycles. The van der Waals surface area contributed by atoms with Crippen LogP contribution in [0.2, 0.25) is 0 Å². The minimum absolute atomic E-state index is 0. The first kappa shape index (κ1) is 21.8. The largest absolute Gasteiger partial charge is 0.313 e. The van der Waals surface area contributed by atoms with E-state index in [0.717, 1.165) is 34.4 Å². The van der Waals surface area contributed by atoms with E-state index in [1.165, 1.54) is 11.3 Å². The molecule has 0 saturated carbocycles. The summed E-state index contributed by atoms with van der Waals surface area (Å²) in [5.41, 5.74) is 4.56. The van der Waals surface area contributed by atoms with Crippen molar-refractivity contribution in [3.05, 3.63) is 59.2 Å². The fourth-order valence-electron chi connectivity index (χ4n) is 3.19. The van der Waals surface area contributed by atoms with Gasteiger partial charge in [-0.05, 0) is 29.8 Å². The number of para-hydroxylation sites is 2. The van der Waals surface area contributed by atoms with E-state index >= 15 is 0 Å². The predicted molar refractivity (Wildman–Crippen MR) is 121 cm³/mol. The van der Waals surface area contributed by atoms with Gasteiger partial charge in [0, 0.05) is 29.8 Å². The van der Waals surface area contributed by atoms with Gasteiger partial charge in [-0.1, -0.05) is 54.0 Å². The molecular formula is C20H23BrCl2N4. The van der Waals surface area contributed by atoms with E-state index in [1.54, 1.807) is 0 Å². The monoisotopic (exact) mass is 468 g/mol. The van der Waals surface area contributed by atoms with Crippen molar-refractivity contribution in [1.29, 1.82) is 0 Å². The lowest BCUT2D eigenvalue weighted by molar-refractivity contribution is 0.547. The highest BCUT2D eigenvalue weighted by atomic mass is 79.9. The average Bonchev–Trinajstić information content (AvgIpc) is 3.12. The number of benzene rings is 2. The van der Waals surface area contributed by atoms with Gasteiger partial charge in [-0.25, -0.2) is 4.98 Å². The lowest BCUT2D eigenvalue weighted by Crippen LogP contribution is -2.26. The molecule has 2 heterocycles. The fourth-order valence-corrected chi connectivity index (χ4v) is 3.45. The highest BCUT2D eigenvalue weighted by Crippen LogP contribution is 2.27. The number of aromatic nitrogens is 3. The summed E-state index contributed by atoms with van der Waals surface area (Å²) >= 11 is 3.52. The Bertz CT molecular complexity index is 1020. The zero-order chi connectivity index (χ0) is 17.4. The third kappa shape index (κ3) is 4.32. The SMILES string of the molecule is CC(C)NCCn1c(-c2ccc(Br)cc2)cn2c3ccccc3nc12.Cl.Cl. The van der Waals surface area contributed by atoms with E-state index in [4.69, 9.17) is 4.98 Å². The van der Waals surface area contributed by atoms with Crippen LogP contribution >= 0.6 is 40.7 Å². The van der Waals surface area contributed by atoms with E-state index < -0.39 is 0 Å². The van der Waals surface area contributed by atoms with Crippen molar-refractivity contribution in [2.75, 3.05) is 6.54 Å². The Balaban J connectivity index is 0.00000131. The van der Waals surface area contributed by atoms with Crippen LogP contribution in [0.3, 0.4) is 0 Å². The topological polar surface area (TPSA) is 34.3 Å². The minimum Gasteiger partial charge on any atom is -0.313 e. The maximum atomic E-state index is 4.87. The molecule has 7 heteroatoms. The predicted octanol–water partition coefficient (Wildman–Crippen LogP) is 5.56. The maximum Gasteiger partial charge on any atom is 0.215 e. The molecule has 0 aliphatic heterocycles. The Hall–Kier alpha value is -1.53. The van der Waals surface area contributed by atoms with E-state index in [2.05, 4.69) is 92.7 Å². The van der Waals surface area contributed by atoms with E-state index in [1.807, 2.05) is 6.07 Å². The van der Waals surface area contributed by atoms with Crippen LogP contribution in [0.1, 0.15) is 13.8 Å². The average molecular weight is 470 g/mol. The first-order valence-electron chi connectivity index (χ1n) is 8.59. The van der Waals surface area contributed by atoms with Crippen molar-refractivity contribution in [1.82, 2.24) is 19.3 Å². The van der Waals surface area contributed by atoms with Crippen molar-refractivity contribution in [2.24, 2.45) is 0 Å². The van der Waals surface area contributed by atoms with Gasteiger partial charge in [0.05, 0.1) is 16.7 Å². The molecule has 0 bridgehead atoms. The quantitative estimate of drug-likeness (QED) is 0.415. The first-order valence-corrected chi connectivity index (χ1v) is 9.38. The van der Waals surface area contributed by atoms with Crippen LogP contribution in [0.5, 0.6) is 0 Å². The summed E-state index contributed by atoms with van der Waals surface area (Å²) in [6, 6.07) is 17.2. The van der Waals surface area contributed by atoms with E-state index in [-0.39, 0.29) is 24.8 Å². The van der Waals surface area contributed by atoms with Gasteiger partial charge < -0.3 is 9.88 Å². The molecular weight excluding hydrogens is 447 g/mol. The third-order valence-corrected chi connectivity index (χ3v) is 4.92. The standard InChI is InChI=1S/C20H21BrN4.2ClH/c1-14(2)22-11-12-24-19(15-7-9-16(21)10-8-15)13-25-18-6-4-3-5-17(18)23-20(24)25;;/h3-10,13-14,22H,11-12H2,1-2H3;2*1H. The normalized spacial score (nSPS) is 11.0. The van der Waals surface area contributed by atoms with Gasteiger partial charge in [-0.2, -0.15) is 0 Å². The number of hydrogen-bond donors (Lipinski definition) is 1. The summed E-state index contributed by atoms with van der Waals surface area (Å²) in [6.45, 7) is 6.13. The van der Waals surface area contributed by atoms with Crippen molar-refractivity contribution in [3.8, 4) is 11.3 Å². The van der Waals surface area contributed by atoms with Crippen LogP contribution in [0.15, 0.2) is 59.2 Å². The van der Waals surface area contributed by atoms with Crippen LogP contribution in [0.4, 0.5) is 0 Å². The molecule has 0 amide bonds. The van der Waals surface area contributed by atoms with Gasteiger partial charge >= 0.3 is 0 Å². The fraction of sp³-hybridized carbons (Fsp3) is 0.250. The summed E-state index contributed by atoms with van der Waals surface area (Å²) in [5, 5.41) is 3.50. The minimum atomic E-state index is 0. The zero-order valence-corrected chi connectivity index (χ0v) is 18.4. The molecule has 2 aromatic heterocycles. The molecule has 1 N–H and O–H groups in total. The highest BCUT2D eigenvalue weighted by molar-refractivity contribution is 9.10. The number of rotatable bonds is 5. The number of imidazole rings is 2. The number of hydrogen-bond acceptors (Lipinski definition) is 2. The summed E-state index contributed by atoms with van der Waals surface area (Å²) in [4.78, 5) is 4.87. The second-order valence-corrected chi connectivity index (χ2v) is 7.47. The Morgan fingerprint density at radius 1 is 1.04 bits per heavy atom. The van der Waals surface area contributed by atoms with Gasteiger partial charge in [0.25, 0.3) is 0 Å².